The van der Waals surface area contributed by atoms with E-state index in [-0.39, 0.29) is 35.3 Å². The molecular formula is C30H33BrClN3O6S. The van der Waals surface area contributed by atoms with Crippen molar-refractivity contribution in [2.24, 2.45) is 0 Å². The lowest BCUT2D eigenvalue weighted by Gasteiger charge is -2.34. The van der Waals surface area contributed by atoms with Crippen LogP contribution < -0.4 is 10.6 Å². The first-order valence-electron chi connectivity index (χ1n) is 14.2. The number of ketones is 1. The van der Waals surface area contributed by atoms with Crippen LogP contribution in [-0.2, 0) is 34.4 Å². The Morgan fingerprint density at radius 2 is 1.76 bits per heavy atom. The summed E-state index contributed by atoms with van der Waals surface area (Å²) in [7, 11) is -3.90. The fraction of sp³-hybridized carbons (Fsp3) is 0.467. The van der Waals surface area contributed by atoms with E-state index in [2.05, 4.69) is 26.6 Å². The lowest BCUT2D eigenvalue weighted by atomic mass is 9.91. The number of benzene rings is 2. The number of halogens is 2. The van der Waals surface area contributed by atoms with E-state index in [1.54, 1.807) is 12.1 Å². The third-order valence-electron chi connectivity index (χ3n) is 8.30. The van der Waals surface area contributed by atoms with Crippen LogP contribution in [0.2, 0.25) is 5.02 Å². The Labute approximate surface area is 258 Å². The fourth-order valence-electron chi connectivity index (χ4n) is 5.58. The second kappa shape index (κ2) is 12.2. The van der Waals surface area contributed by atoms with Gasteiger partial charge in [-0.15, -0.1) is 0 Å². The highest BCUT2D eigenvalue weighted by Crippen LogP contribution is 2.50. The maximum absolute atomic E-state index is 14.4. The zero-order valence-corrected chi connectivity index (χ0v) is 26.3. The smallest absolute Gasteiger partial charge is 0.289 e. The molecule has 42 heavy (non-hydrogen) atoms. The molecule has 2 aliphatic carbocycles. The van der Waals surface area contributed by atoms with Crippen LogP contribution >= 0.6 is 27.5 Å². The normalized spacial score (nSPS) is 21.8. The standard InChI is InChI=1S/C30H33BrClN3O6S/c1-2-5-24(26(36)27(37)34-20-12-13-20)35(29(39)30(14-15-30)18-8-10-19(31)11-9-18)28(38)23-16-21(17-33-23)42(40,41)25-7-4-3-6-22(25)32/h3-4,6-11,20-21,23-24,33H,2,5,12-17H2,1H3,(H,34,37)/t21-,23+,24+/m1/s1. The largest absolute Gasteiger partial charge is 0.347 e. The van der Waals surface area contributed by atoms with Gasteiger partial charge in [-0.3, -0.25) is 24.1 Å². The minimum Gasteiger partial charge on any atom is -0.347 e. The van der Waals surface area contributed by atoms with Crippen LogP contribution in [0.15, 0.2) is 57.9 Å². The summed E-state index contributed by atoms with van der Waals surface area (Å²) in [6.45, 7) is 1.78. The number of hydrogen-bond acceptors (Lipinski definition) is 7. The van der Waals surface area contributed by atoms with Gasteiger partial charge in [-0.05, 0) is 68.4 Å². The van der Waals surface area contributed by atoms with Crippen molar-refractivity contribution in [1.82, 2.24) is 15.5 Å². The summed E-state index contributed by atoms with van der Waals surface area (Å²) >= 11 is 9.60. The molecule has 2 aromatic carbocycles. The third kappa shape index (κ3) is 6.06. The van der Waals surface area contributed by atoms with Crippen LogP contribution in [-0.4, -0.2) is 66.7 Å². The number of carbonyl (C=O) groups excluding carboxylic acids is 4. The Balaban J connectivity index is 1.47. The number of amides is 3. The van der Waals surface area contributed by atoms with Crippen LogP contribution in [0.5, 0.6) is 0 Å². The van der Waals surface area contributed by atoms with Crippen molar-refractivity contribution in [3.8, 4) is 0 Å². The van der Waals surface area contributed by atoms with Gasteiger partial charge in [-0.2, -0.15) is 0 Å². The maximum atomic E-state index is 14.4. The minimum absolute atomic E-state index is 0.0255. The molecule has 0 aromatic heterocycles. The van der Waals surface area contributed by atoms with Gasteiger partial charge < -0.3 is 10.6 Å². The summed E-state index contributed by atoms with van der Waals surface area (Å²) in [6, 6.07) is 11.0. The lowest BCUT2D eigenvalue weighted by molar-refractivity contribution is -0.156. The van der Waals surface area contributed by atoms with Crippen LogP contribution in [0.25, 0.3) is 0 Å². The van der Waals surface area contributed by atoms with Crippen molar-refractivity contribution < 1.29 is 27.6 Å². The van der Waals surface area contributed by atoms with Crippen LogP contribution in [0.1, 0.15) is 57.4 Å². The zero-order valence-electron chi connectivity index (χ0n) is 23.1. The predicted octanol–water partition coefficient (Wildman–Crippen LogP) is 3.71. The zero-order chi connectivity index (χ0) is 30.2. The summed E-state index contributed by atoms with van der Waals surface area (Å²) in [4.78, 5) is 56.0. The van der Waals surface area contributed by atoms with E-state index in [9.17, 15) is 27.6 Å². The fourth-order valence-corrected chi connectivity index (χ4v) is 8.03. The van der Waals surface area contributed by atoms with Crippen LogP contribution in [0.4, 0.5) is 0 Å². The summed E-state index contributed by atoms with van der Waals surface area (Å²) < 4.78 is 27.7. The summed E-state index contributed by atoms with van der Waals surface area (Å²) in [5.74, 6) is -2.89. The molecule has 0 unspecified atom stereocenters. The first kappa shape index (κ1) is 30.8. The first-order valence-corrected chi connectivity index (χ1v) is 16.9. The Morgan fingerprint density at radius 3 is 2.36 bits per heavy atom. The predicted molar refractivity (Wildman–Crippen MR) is 161 cm³/mol. The van der Waals surface area contributed by atoms with Crippen molar-refractivity contribution >= 4 is 60.9 Å². The molecule has 3 amide bonds. The Bertz CT molecular complexity index is 1510. The topological polar surface area (TPSA) is 130 Å². The number of imide groups is 1. The number of Topliss-reactive ketones (excluding diaryl/α,β-unsaturated/α-hetero) is 1. The summed E-state index contributed by atoms with van der Waals surface area (Å²) in [6.07, 6.45) is 2.97. The van der Waals surface area contributed by atoms with Crippen LogP contribution in [0.3, 0.4) is 0 Å². The van der Waals surface area contributed by atoms with Gasteiger partial charge in [-0.1, -0.05) is 65.1 Å². The molecule has 3 aliphatic rings. The highest BCUT2D eigenvalue weighted by atomic mass is 79.9. The molecule has 2 aromatic rings. The number of nitrogens with one attached hydrogen (secondary N) is 2. The van der Waals surface area contributed by atoms with Crippen molar-refractivity contribution in [2.75, 3.05) is 6.54 Å². The molecule has 1 aliphatic heterocycles. The van der Waals surface area contributed by atoms with Gasteiger partial charge in [0.2, 0.25) is 17.6 Å². The van der Waals surface area contributed by atoms with E-state index in [1.165, 1.54) is 12.1 Å². The molecule has 0 radical (unpaired) electrons. The second-order valence-electron chi connectivity index (χ2n) is 11.3. The molecule has 12 heteroatoms. The molecule has 9 nitrogen and oxygen atoms in total. The van der Waals surface area contributed by atoms with Crippen molar-refractivity contribution in [2.45, 2.75) is 85.6 Å². The average molecular weight is 679 g/mol. The molecule has 0 bridgehead atoms. The number of hydrogen-bond donors (Lipinski definition) is 2. The van der Waals surface area contributed by atoms with Crippen LogP contribution in [0, 0.1) is 0 Å². The molecule has 1 heterocycles. The van der Waals surface area contributed by atoms with E-state index in [4.69, 9.17) is 11.6 Å². The Kier molecular flexibility index (Phi) is 8.95. The van der Waals surface area contributed by atoms with E-state index >= 15 is 0 Å². The molecule has 0 spiro atoms. The average Bonchev–Trinajstić information content (AvgIpc) is 3.90. The van der Waals surface area contributed by atoms with Gasteiger partial charge >= 0.3 is 0 Å². The molecular weight excluding hydrogens is 646 g/mol. The maximum Gasteiger partial charge on any atom is 0.289 e. The van der Waals surface area contributed by atoms with E-state index in [0.717, 1.165) is 27.8 Å². The first-order chi connectivity index (χ1) is 20.0. The van der Waals surface area contributed by atoms with E-state index < -0.39 is 56.1 Å². The Hall–Kier alpha value is -2.60. The minimum atomic E-state index is -3.90. The van der Waals surface area contributed by atoms with Crippen molar-refractivity contribution in [3.63, 3.8) is 0 Å². The van der Waals surface area contributed by atoms with Crippen molar-refractivity contribution in [3.05, 3.63) is 63.6 Å². The summed E-state index contributed by atoms with van der Waals surface area (Å²) in [5, 5.41) is 4.79. The Morgan fingerprint density at radius 1 is 1.10 bits per heavy atom. The molecule has 5 rings (SSSR count). The lowest BCUT2D eigenvalue weighted by Crippen LogP contribution is -2.58. The molecule has 2 saturated carbocycles. The molecule has 2 N–H and O–H groups in total. The number of nitrogens with zero attached hydrogens (tertiary/aromatic N) is 1. The molecule has 224 valence electrons. The highest BCUT2D eigenvalue weighted by molar-refractivity contribution is 9.10. The van der Waals surface area contributed by atoms with Gasteiger partial charge in [-0.25, -0.2) is 8.42 Å². The highest BCUT2D eigenvalue weighted by Gasteiger charge is 2.57. The van der Waals surface area contributed by atoms with E-state index in [0.29, 0.717) is 19.3 Å². The van der Waals surface area contributed by atoms with Gasteiger partial charge in [0.25, 0.3) is 5.91 Å². The number of sulfone groups is 1. The quantitative estimate of drug-likeness (QED) is 0.274. The van der Waals surface area contributed by atoms with Gasteiger partial charge in [0.15, 0.2) is 9.84 Å². The molecule has 1 saturated heterocycles. The number of carbonyl (C=O) groups is 4. The molecule has 3 fully saturated rings. The summed E-state index contributed by atoms with van der Waals surface area (Å²) in [5.41, 5.74) is -0.283. The van der Waals surface area contributed by atoms with Gasteiger partial charge in [0.05, 0.1) is 26.6 Å². The van der Waals surface area contributed by atoms with Gasteiger partial charge in [0.1, 0.15) is 6.04 Å². The SMILES string of the molecule is CCC[C@@H](C(=O)C(=O)NC1CC1)N(C(=O)[C@@H]1C[C@@H](S(=O)(=O)c2ccccc2Cl)CN1)C(=O)C1(c2ccc(Br)cc2)CC1. The number of rotatable bonds is 11. The van der Waals surface area contributed by atoms with Crippen molar-refractivity contribution in [1.29, 1.82) is 0 Å². The third-order valence-corrected chi connectivity index (χ3v) is 11.5. The second-order valence-corrected chi connectivity index (χ2v) is 14.8. The monoisotopic (exact) mass is 677 g/mol. The van der Waals surface area contributed by atoms with E-state index in [1.807, 2.05) is 31.2 Å². The van der Waals surface area contributed by atoms with Gasteiger partial charge in [0, 0.05) is 17.1 Å². The molecule has 3 atom stereocenters.